The molecule has 0 aliphatic heterocycles. The maximum atomic E-state index is 11.7. The van der Waals surface area contributed by atoms with Crippen LogP contribution in [0.5, 0.6) is 5.75 Å². The lowest BCUT2D eigenvalue weighted by molar-refractivity contribution is -0.137. The van der Waals surface area contributed by atoms with E-state index >= 15 is 0 Å². The van der Waals surface area contributed by atoms with Gasteiger partial charge in [-0.15, -0.1) is 0 Å². The molecule has 0 saturated heterocycles. The van der Waals surface area contributed by atoms with Gasteiger partial charge in [0.2, 0.25) is 0 Å². The summed E-state index contributed by atoms with van der Waals surface area (Å²) in [6, 6.07) is 11.8. The molecule has 0 unspecified atom stereocenters. The summed E-state index contributed by atoms with van der Waals surface area (Å²) in [6.45, 7) is 14.4. The van der Waals surface area contributed by atoms with E-state index in [9.17, 15) is 15.2 Å². The van der Waals surface area contributed by atoms with Crippen molar-refractivity contribution in [2.75, 3.05) is 6.61 Å². The first kappa shape index (κ1) is 23.2. The van der Waals surface area contributed by atoms with Crippen molar-refractivity contribution in [3.8, 4) is 22.9 Å². The van der Waals surface area contributed by atoms with E-state index in [0.29, 0.717) is 23.5 Å². The number of nitrogens with zero attached hydrogens (tertiary/aromatic N) is 1. The van der Waals surface area contributed by atoms with Crippen LogP contribution in [0, 0.1) is 11.3 Å². The molecule has 4 heteroatoms. The Kier molecular flexibility index (Phi) is 6.77. The van der Waals surface area contributed by atoms with Crippen molar-refractivity contribution in [1.82, 2.24) is 0 Å². The zero-order valence-corrected chi connectivity index (χ0v) is 19.0. The molecule has 0 bridgehead atoms. The van der Waals surface area contributed by atoms with Gasteiger partial charge < -0.3 is 9.84 Å². The maximum absolute atomic E-state index is 11.7. The Bertz CT molecular complexity index is 977. The molecule has 1 N–H and O–H groups in total. The van der Waals surface area contributed by atoms with Crippen LogP contribution in [0.1, 0.15) is 70.7 Å². The SMILES string of the molecule is CCOC(=O)C=Cc1cccc(-c2cc(C(C)(C)C)c(O)c(C(C)(C)C)c2)c1C#N. The van der Waals surface area contributed by atoms with Crippen LogP contribution in [-0.4, -0.2) is 17.7 Å². The number of esters is 1. The van der Waals surface area contributed by atoms with Gasteiger partial charge in [0.15, 0.2) is 0 Å². The highest BCUT2D eigenvalue weighted by molar-refractivity contribution is 5.88. The van der Waals surface area contributed by atoms with Gasteiger partial charge in [-0.25, -0.2) is 4.79 Å². The monoisotopic (exact) mass is 405 g/mol. The van der Waals surface area contributed by atoms with Crippen LogP contribution in [0.3, 0.4) is 0 Å². The molecule has 158 valence electrons. The predicted octanol–water partition coefficient (Wildman–Crippen LogP) is 6.10. The second kappa shape index (κ2) is 8.75. The standard InChI is InChI=1S/C26H31NO3/c1-8-30-23(28)13-12-17-10-9-11-19(20(17)16-27)18-14-21(25(2,3)4)24(29)22(15-18)26(5,6)7/h9-15,29H,8H2,1-7H3. The van der Waals surface area contributed by atoms with Crippen LogP contribution in [0.4, 0.5) is 0 Å². The van der Waals surface area contributed by atoms with Gasteiger partial charge in [-0.2, -0.15) is 5.26 Å². The van der Waals surface area contributed by atoms with E-state index in [4.69, 9.17) is 4.74 Å². The summed E-state index contributed by atoms with van der Waals surface area (Å²) in [5, 5.41) is 20.9. The number of hydrogen-bond acceptors (Lipinski definition) is 4. The molecular formula is C26H31NO3. The zero-order valence-electron chi connectivity index (χ0n) is 19.0. The minimum absolute atomic E-state index is 0.270. The Balaban J connectivity index is 2.74. The summed E-state index contributed by atoms with van der Waals surface area (Å²) >= 11 is 0. The Labute approximate surface area is 179 Å². The molecule has 0 aliphatic carbocycles. The van der Waals surface area contributed by atoms with E-state index in [2.05, 4.69) is 47.6 Å². The molecule has 0 aromatic heterocycles. The van der Waals surface area contributed by atoms with E-state index in [1.807, 2.05) is 24.3 Å². The van der Waals surface area contributed by atoms with Crippen molar-refractivity contribution in [1.29, 1.82) is 5.26 Å². The van der Waals surface area contributed by atoms with Crippen molar-refractivity contribution < 1.29 is 14.6 Å². The number of phenols is 1. The van der Waals surface area contributed by atoms with Gasteiger partial charge in [-0.3, -0.25) is 0 Å². The van der Waals surface area contributed by atoms with E-state index in [0.717, 1.165) is 22.3 Å². The maximum Gasteiger partial charge on any atom is 0.330 e. The summed E-state index contributed by atoms with van der Waals surface area (Å²) in [5.74, 6) is -0.142. The third-order valence-corrected chi connectivity index (χ3v) is 4.93. The highest BCUT2D eigenvalue weighted by Gasteiger charge is 2.27. The van der Waals surface area contributed by atoms with E-state index < -0.39 is 5.97 Å². The number of benzene rings is 2. The van der Waals surface area contributed by atoms with Crippen LogP contribution in [0.2, 0.25) is 0 Å². The van der Waals surface area contributed by atoms with Crippen LogP contribution < -0.4 is 0 Å². The second-order valence-corrected chi connectivity index (χ2v) is 9.39. The third kappa shape index (κ3) is 5.10. The fourth-order valence-corrected chi connectivity index (χ4v) is 3.36. The fraction of sp³-hybridized carbons (Fsp3) is 0.385. The molecule has 0 atom stereocenters. The molecule has 2 aromatic carbocycles. The molecule has 2 rings (SSSR count). The summed E-state index contributed by atoms with van der Waals surface area (Å²) in [7, 11) is 0. The molecule has 0 fully saturated rings. The van der Waals surface area contributed by atoms with Crippen molar-refractivity contribution in [2.45, 2.75) is 59.3 Å². The van der Waals surface area contributed by atoms with Gasteiger partial charge in [0.25, 0.3) is 0 Å². The van der Waals surface area contributed by atoms with Crippen molar-refractivity contribution in [2.24, 2.45) is 0 Å². The number of nitriles is 1. The number of hydrogen-bond donors (Lipinski definition) is 1. The lowest BCUT2D eigenvalue weighted by Gasteiger charge is -2.28. The molecule has 0 heterocycles. The van der Waals surface area contributed by atoms with Crippen molar-refractivity contribution in [3.63, 3.8) is 0 Å². The van der Waals surface area contributed by atoms with Gasteiger partial charge in [0.1, 0.15) is 11.8 Å². The average Bonchev–Trinajstić information content (AvgIpc) is 2.64. The number of phenolic OH excluding ortho intramolecular Hbond substituents is 1. The first-order valence-electron chi connectivity index (χ1n) is 10.2. The molecule has 0 aliphatic rings. The summed E-state index contributed by atoms with van der Waals surface area (Å²) in [5.41, 5.74) is 3.88. The number of carbonyl (C=O) groups excluding carboxylic acids is 1. The van der Waals surface area contributed by atoms with Gasteiger partial charge in [-0.1, -0.05) is 59.7 Å². The largest absolute Gasteiger partial charge is 0.507 e. The van der Waals surface area contributed by atoms with Crippen LogP contribution in [0.15, 0.2) is 36.4 Å². The topological polar surface area (TPSA) is 70.3 Å². The Morgan fingerprint density at radius 3 is 2.13 bits per heavy atom. The molecule has 0 radical (unpaired) electrons. The Hall–Kier alpha value is -3.06. The normalized spacial score (nSPS) is 12.1. The molecule has 30 heavy (non-hydrogen) atoms. The number of ether oxygens (including phenoxy) is 1. The highest BCUT2D eigenvalue weighted by atomic mass is 16.5. The fourth-order valence-electron chi connectivity index (χ4n) is 3.36. The quantitative estimate of drug-likeness (QED) is 0.493. The van der Waals surface area contributed by atoms with E-state index in [-0.39, 0.29) is 10.8 Å². The van der Waals surface area contributed by atoms with Gasteiger partial charge in [-0.05, 0) is 47.1 Å². The minimum Gasteiger partial charge on any atom is -0.507 e. The molecule has 4 nitrogen and oxygen atoms in total. The summed E-state index contributed by atoms with van der Waals surface area (Å²) < 4.78 is 4.94. The minimum atomic E-state index is -0.443. The molecule has 0 spiro atoms. The molecule has 2 aromatic rings. The highest BCUT2D eigenvalue weighted by Crippen LogP contribution is 2.42. The lowest BCUT2D eigenvalue weighted by Crippen LogP contribution is -2.17. The van der Waals surface area contributed by atoms with Crippen molar-refractivity contribution >= 4 is 12.0 Å². The Morgan fingerprint density at radius 1 is 1.10 bits per heavy atom. The molecular weight excluding hydrogens is 374 g/mol. The van der Waals surface area contributed by atoms with E-state index in [1.165, 1.54) is 6.08 Å². The van der Waals surface area contributed by atoms with Gasteiger partial charge in [0, 0.05) is 22.8 Å². The number of carbonyl (C=O) groups is 1. The predicted molar refractivity (Wildman–Crippen MR) is 121 cm³/mol. The van der Waals surface area contributed by atoms with Gasteiger partial charge in [0.05, 0.1) is 12.2 Å². The zero-order chi connectivity index (χ0) is 22.7. The number of aromatic hydroxyl groups is 1. The average molecular weight is 406 g/mol. The van der Waals surface area contributed by atoms with Gasteiger partial charge >= 0.3 is 5.97 Å². The second-order valence-electron chi connectivity index (χ2n) is 9.39. The van der Waals surface area contributed by atoms with Crippen LogP contribution >= 0.6 is 0 Å². The molecule has 0 amide bonds. The number of rotatable bonds is 4. The first-order valence-corrected chi connectivity index (χ1v) is 10.2. The lowest BCUT2D eigenvalue weighted by atomic mass is 9.77. The van der Waals surface area contributed by atoms with Crippen LogP contribution in [0.25, 0.3) is 17.2 Å². The summed E-state index contributed by atoms with van der Waals surface area (Å²) in [6.07, 6.45) is 2.94. The summed E-state index contributed by atoms with van der Waals surface area (Å²) in [4.78, 5) is 11.7. The van der Waals surface area contributed by atoms with Crippen molar-refractivity contribution in [3.05, 3.63) is 58.7 Å². The first-order chi connectivity index (χ1) is 13.9. The Morgan fingerprint density at radius 2 is 1.67 bits per heavy atom. The van der Waals surface area contributed by atoms with Crippen LogP contribution in [-0.2, 0) is 20.4 Å². The molecule has 0 saturated carbocycles. The third-order valence-electron chi connectivity index (χ3n) is 4.93. The smallest absolute Gasteiger partial charge is 0.330 e. The van der Waals surface area contributed by atoms with E-state index in [1.54, 1.807) is 19.1 Å².